The predicted octanol–water partition coefficient (Wildman–Crippen LogP) is -0.196. The van der Waals surface area contributed by atoms with E-state index < -0.39 is 21.3 Å². The molecule has 0 spiro atoms. The fraction of sp³-hybridized carbons (Fsp3) is 0.909. The number of nitrogens with zero attached hydrogens (tertiary/aromatic N) is 1. The number of likely N-dealkylation sites (N-methyl/N-ethyl adjacent to an activating group) is 1. The van der Waals surface area contributed by atoms with Gasteiger partial charge in [-0.15, -0.1) is 0 Å². The largest absolute Gasteiger partial charge is 0.480 e. The summed E-state index contributed by atoms with van der Waals surface area (Å²) in [5, 5.41) is 12.2. The second kappa shape index (κ2) is 6.49. The summed E-state index contributed by atoms with van der Waals surface area (Å²) >= 11 is 0. The first-order chi connectivity index (χ1) is 7.96. The molecule has 18 heavy (non-hydrogen) atoms. The monoisotopic (exact) mass is 280 g/mol. The molecule has 0 rings (SSSR count). The molecule has 0 saturated carbocycles. The van der Waals surface area contributed by atoms with Crippen molar-refractivity contribution >= 4 is 15.8 Å². The lowest BCUT2D eigenvalue weighted by atomic mass is 10.0. The Labute approximate surface area is 109 Å². The normalized spacial score (nSPS) is 15.9. The van der Waals surface area contributed by atoms with Crippen LogP contribution in [0.4, 0.5) is 0 Å². The molecule has 0 aromatic carbocycles. The number of nitrogens with one attached hydrogen (secondary N) is 1. The van der Waals surface area contributed by atoms with Crippen LogP contribution in [0.1, 0.15) is 20.8 Å². The topological polar surface area (TPSA) is 86.7 Å². The molecular weight excluding hydrogens is 256 g/mol. The molecular formula is C11H24N2O4S. The molecule has 7 heteroatoms. The molecule has 0 aliphatic carbocycles. The third kappa shape index (κ3) is 6.93. The Bertz CT molecular complexity index is 381. The molecule has 0 saturated heterocycles. The van der Waals surface area contributed by atoms with E-state index >= 15 is 0 Å². The van der Waals surface area contributed by atoms with Crippen LogP contribution in [0.25, 0.3) is 0 Å². The van der Waals surface area contributed by atoms with Gasteiger partial charge in [0.05, 0.1) is 5.75 Å². The zero-order valence-electron chi connectivity index (χ0n) is 11.7. The van der Waals surface area contributed by atoms with Crippen LogP contribution >= 0.6 is 0 Å². The van der Waals surface area contributed by atoms with Gasteiger partial charge in [-0.05, 0) is 27.8 Å². The highest BCUT2D eigenvalue weighted by Crippen LogP contribution is 2.08. The van der Waals surface area contributed by atoms with Gasteiger partial charge < -0.3 is 10.0 Å². The number of hydrogen-bond donors (Lipinski definition) is 2. The molecule has 0 aromatic rings. The summed E-state index contributed by atoms with van der Waals surface area (Å²) in [6.45, 7) is 5.92. The van der Waals surface area contributed by atoms with E-state index in [2.05, 4.69) is 5.32 Å². The summed E-state index contributed by atoms with van der Waals surface area (Å²) in [5.74, 6) is -0.914. The molecule has 0 aliphatic rings. The summed E-state index contributed by atoms with van der Waals surface area (Å²) in [6.07, 6.45) is 1.17. The standard InChI is InChI=1S/C11H24N2O4S/c1-9(2)12-11(3,10(14)15)8-13(4)6-7-18(5,16)17/h9,12H,6-8H2,1-5H3,(H,14,15). The second-order valence-electron chi connectivity index (χ2n) is 5.30. The predicted molar refractivity (Wildman–Crippen MR) is 71.5 cm³/mol. The number of rotatable bonds is 8. The van der Waals surface area contributed by atoms with Gasteiger partial charge in [-0.25, -0.2) is 8.42 Å². The van der Waals surface area contributed by atoms with Gasteiger partial charge in [-0.1, -0.05) is 0 Å². The first kappa shape index (κ1) is 17.3. The SMILES string of the molecule is CC(C)NC(C)(CN(C)CCS(C)(=O)=O)C(=O)O. The van der Waals surface area contributed by atoms with Crippen molar-refractivity contribution in [3.63, 3.8) is 0 Å². The van der Waals surface area contributed by atoms with Crippen molar-refractivity contribution in [3.05, 3.63) is 0 Å². The number of carboxylic acids is 1. The first-order valence-corrected chi connectivity index (χ1v) is 7.90. The van der Waals surface area contributed by atoms with E-state index in [-0.39, 0.29) is 18.3 Å². The molecule has 108 valence electrons. The molecule has 0 heterocycles. The molecule has 0 radical (unpaired) electrons. The molecule has 0 fully saturated rings. The maximum atomic E-state index is 11.3. The third-order valence-corrected chi connectivity index (χ3v) is 3.43. The van der Waals surface area contributed by atoms with Gasteiger partial charge in [0.25, 0.3) is 0 Å². The van der Waals surface area contributed by atoms with Gasteiger partial charge in [0.1, 0.15) is 15.4 Å². The minimum atomic E-state index is -3.03. The number of carbonyl (C=O) groups is 1. The van der Waals surface area contributed by atoms with Gasteiger partial charge in [-0.2, -0.15) is 0 Å². The fourth-order valence-corrected chi connectivity index (χ4v) is 2.40. The minimum Gasteiger partial charge on any atom is -0.480 e. The highest BCUT2D eigenvalue weighted by atomic mass is 32.2. The average Bonchev–Trinajstić information content (AvgIpc) is 2.11. The fourth-order valence-electron chi connectivity index (χ4n) is 1.75. The highest BCUT2D eigenvalue weighted by Gasteiger charge is 2.34. The average molecular weight is 280 g/mol. The third-order valence-electron chi connectivity index (χ3n) is 2.51. The smallest absolute Gasteiger partial charge is 0.324 e. The summed E-state index contributed by atoms with van der Waals surface area (Å²) in [4.78, 5) is 13.0. The van der Waals surface area contributed by atoms with Crippen molar-refractivity contribution in [1.29, 1.82) is 0 Å². The Balaban J connectivity index is 4.55. The van der Waals surface area contributed by atoms with Gasteiger partial charge in [-0.3, -0.25) is 10.1 Å². The maximum Gasteiger partial charge on any atom is 0.324 e. The van der Waals surface area contributed by atoms with Crippen LogP contribution in [0.15, 0.2) is 0 Å². The van der Waals surface area contributed by atoms with Crippen molar-refractivity contribution in [2.45, 2.75) is 32.4 Å². The maximum absolute atomic E-state index is 11.3. The molecule has 0 amide bonds. The Morgan fingerprint density at radius 2 is 1.94 bits per heavy atom. The van der Waals surface area contributed by atoms with Gasteiger partial charge >= 0.3 is 5.97 Å². The van der Waals surface area contributed by atoms with Crippen LogP contribution in [-0.2, 0) is 14.6 Å². The Kier molecular flexibility index (Phi) is 6.25. The zero-order valence-corrected chi connectivity index (χ0v) is 12.5. The van der Waals surface area contributed by atoms with E-state index in [0.717, 1.165) is 0 Å². The molecule has 1 unspecified atom stereocenters. The Hall–Kier alpha value is -0.660. The van der Waals surface area contributed by atoms with Crippen LogP contribution in [-0.4, -0.2) is 68.1 Å². The molecule has 2 N–H and O–H groups in total. The van der Waals surface area contributed by atoms with E-state index in [1.54, 1.807) is 18.9 Å². The molecule has 0 bridgehead atoms. The number of sulfone groups is 1. The lowest BCUT2D eigenvalue weighted by Crippen LogP contribution is -2.58. The summed E-state index contributed by atoms with van der Waals surface area (Å²) < 4.78 is 22.1. The van der Waals surface area contributed by atoms with Crippen molar-refractivity contribution < 1.29 is 18.3 Å². The number of hydrogen-bond acceptors (Lipinski definition) is 5. The Morgan fingerprint density at radius 1 is 1.44 bits per heavy atom. The van der Waals surface area contributed by atoms with E-state index in [9.17, 15) is 18.3 Å². The zero-order chi connectivity index (χ0) is 14.6. The lowest BCUT2D eigenvalue weighted by Gasteiger charge is -2.32. The molecule has 6 nitrogen and oxygen atoms in total. The van der Waals surface area contributed by atoms with Crippen LogP contribution in [0, 0.1) is 0 Å². The van der Waals surface area contributed by atoms with E-state index in [1.807, 2.05) is 13.8 Å². The summed E-state index contributed by atoms with van der Waals surface area (Å²) in [5.41, 5.74) is -1.08. The molecule has 0 aromatic heterocycles. The van der Waals surface area contributed by atoms with Crippen LogP contribution in [0.2, 0.25) is 0 Å². The van der Waals surface area contributed by atoms with E-state index in [1.165, 1.54) is 6.26 Å². The molecule has 1 atom stereocenters. The van der Waals surface area contributed by atoms with Gasteiger partial charge in [0, 0.05) is 25.4 Å². The van der Waals surface area contributed by atoms with Crippen molar-refractivity contribution in [3.8, 4) is 0 Å². The quantitative estimate of drug-likeness (QED) is 0.640. The van der Waals surface area contributed by atoms with E-state index in [4.69, 9.17) is 0 Å². The van der Waals surface area contributed by atoms with Crippen LogP contribution < -0.4 is 5.32 Å². The van der Waals surface area contributed by atoms with Crippen LogP contribution in [0.5, 0.6) is 0 Å². The number of carboxylic acid groups (broad SMARTS) is 1. The Morgan fingerprint density at radius 3 is 2.28 bits per heavy atom. The lowest BCUT2D eigenvalue weighted by molar-refractivity contribution is -0.145. The molecule has 0 aliphatic heterocycles. The summed E-state index contributed by atoms with van der Waals surface area (Å²) in [6, 6.07) is 0.0365. The first-order valence-electron chi connectivity index (χ1n) is 5.83. The van der Waals surface area contributed by atoms with Gasteiger partial charge in [0.2, 0.25) is 0 Å². The summed E-state index contributed by atoms with van der Waals surface area (Å²) in [7, 11) is -1.31. The highest BCUT2D eigenvalue weighted by molar-refractivity contribution is 7.90. The van der Waals surface area contributed by atoms with Crippen LogP contribution in [0.3, 0.4) is 0 Å². The number of aliphatic carboxylic acids is 1. The van der Waals surface area contributed by atoms with Gasteiger partial charge in [0.15, 0.2) is 0 Å². The van der Waals surface area contributed by atoms with Crippen molar-refractivity contribution in [2.75, 3.05) is 32.1 Å². The van der Waals surface area contributed by atoms with Crippen molar-refractivity contribution in [2.24, 2.45) is 0 Å². The second-order valence-corrected chi connectivity index (χ2v) is 7.56. The van der Waals surface area contributed by atoms with Crippen molar-refractivity contribution in [1.82, 2.24) is 10.2 Å². The van der Waals surface area contributed by atoms with E-state index in [0.29, 0.717) is 6.54 Å². The minimum absolute atomic E-state index is 0.0286.